The highest BCUT2D eigenvalue weighted by Gasteiger charge is 2.25. The summed E-state index contributed by atoms with van der Waals surface area (Å²) in [5.74, 6) is 0.0833. The minimum Gasteiger partial charge on any atom is -0.286 e. The number of carbonyl (C=O) groups is 1. The molecule has 2 aliphatic heterocycles. The van der Waals surface area contributed by atoms with Crippen molar-refractivity contribution >= 4 is 16.9 Å². The van der Waals surface area contributed by atoms with Crippen LogP contribution < -0.4 is 0 Å². The predicted octanol–water partition coefficient (Wildman–Crippen LogP) is 1.37. The number of carbonyl (C=O) groups excluding carboxylic acids is 1. The van der Waals surface area contributed by atoms with Crippen molar-refractivity contribution in [1.29, 1.82) is 0 Å². The first-order chi connectivity index (χ1) is 4.36. The van der Waals surface area contributed by atoms with Crippen molar-refractivity contribution in [2.24, 2.45) is 5.92 Å². The number of hydrogen-bond acceptors (Lipinski definition) is 2. The van der Waals surface area contributed by atoms with Crippen LogP contribution in [0.3, 0.4) is 0 Å². The van der Waals surface area contributed by atoms with E-state index in [0.717, 1.165) is 0 Å². The van der Waals surface area contributed by atoms with Crippen LogP contribution >= 0.6 is 11.8 Å². The molecular formula is C7H6OS. The van der Waals surface area contributed by atoms with Crippen molar-refractivity contribution in [3.05, 3.63) is 24.3 Å². The zero-order chi connectivity index (χ0) is 6.27. The number of thioether (sulfide) groups is 1. The third-order valence-corrected chi connectivity index (χ3v) is 2.63. The van der Waals surface area contributed by atoms with Crippen LogP contribution in [-0.2, 0) is 4.79 Å². The Kier molecular flexibility index (Phi) is 1.02. The quantitative estimate of drug-likeness (QED) is 0.470. The molecule has 0 fully saturated rings. The molecule has 0 N–H and O–H groups in total. The van der Waals surface area contributed by atoms with Gasteiger partial charge in [0.2, 0.25) is 0 Å². The molecule has 1 nitrogen and oxygen atoms in total. The van der Waals surface area contributed by atoms with E-state index in [1.54, 1.807) is 0 Å². The largest absolute Gasteiger partial charge is 0.286 e. The first kappa shape index (κ1) is 5.30. The molecular weight excluding hydrogens is 132 g/mol. The van der Waals surface area contributed by atoms with Gasteiger partial charge in [0.25, 0.3) is 0 Å². The highest BCUT2D eigenvalue weighted by Crippen LogP contribution is 2.31. The zero-order valence-corrected chi connectivity index (χ0v) is 5.60. The SMILES string of the molecule is O=C1SC2C=CC1C=C2. The van der Waals surface area contributed by atoms with E-state index >= 15 is 0 Å². The van der Waals surface area contributed by atoms with Gasteiger partial charge in [0.05, 0.1) is 5.92 Å². The van der Waals surface area contributed by atoms with Crippen LogP contribution in [0.1, 0.15) is 0 Å². The van der Waals surface area contributed by atoms with Crippen molar-refractivity contribution in [2.45, 2.75) is 5.25 Å². The lowest BCUT2D eigenvalue weighted by molar-refractivity contribution is -0.112. The normalized spacial score (nSPS) is 38.0. The summed E-state index contributed by atoms with van der Waals surface area (Å²) >= 11 is 1.42. The van der Waals surface area contributed by atoms with Gasteiger partial charge in [-0.2, -0.15) is 0 Å². The summed E-state index contributed by atoms with van der Waals surface area (Å²) in [5, 5.41) is 0.632. The number of hydrogen-bond donors (Lipinski definition) is 0. The smallest absolute Gasteiger partial charge is 0.200 e. The van der Waals surface area contributed by atoms with Crippen LogP contribution in [-0.4, -0.2) is 10.4 Å². The van der Waals surface area contributed by atoms with Gasteiger partial charge in [-0.05, 0) is 0 Å². The van der Waals surface area contributed by atoms with Crippen LogP contribution in [0.4, 0.5) is 0 Å². The van der Waals surface area contributed by atoms with Gasteiger partial charge >= 0.3 is 0 Å². The lowest BCUT2D eigenvalue weighted by Crippen LogP contribution is -2.19. The molecule has 1 aliphatic carbocycles. The Morgan fingerprint density at radius 2 is 1.89 bits per heavy atom. The fourth-order valence-electron chi connectivity index (χ4n) is 1.04. The van der Waals surface area contributed by atoms with E-state index in [1.165, 1.54) is 11.8 Å². The molecule has 0 spiro atoms. The van der Waals surface area contributed by atoms with E-state index in [2.05, 4.69) is 12.2 Å². The van der Waals surface area contributed by atoms with Gasteiger partial charge in [-0.3, -0.25) is 4.79 Å². The molecule has 2 bridgehead atoms. The van der Waals surface area contributed by atoms with Crippen molar-refractivity contribution in [3.8, 4) is 0 Å². The summed E-state index contributed by atoms with van der Waals surface area (Å²) in [6.07, 6.45) is 8.11. The highest BCUT2D eigenvalue weighted by atomic mass is 32.2. The molecule has 0 atom stereocenters. The Morgan fingerprint density at radius 1 is 1.22 bits per heavy atom. The average molecular weight is 138 g/mol. The Bertz CT molecular complexity index is 191. The van der Waals surface area contributed by atoms with E-state index in [4.69, 9.17) is 0 Å². The summed E-state index contributed by atoms with van der Waals surface area (Å²) < 4.78 is 0. The Labute approximate surface area is 57.8 Å². The van der Waals surface area contributed by atoms with Crippen LogP contribution in [0.15, 0.2) is 24.3 Å². The zero-order valence-electron chi connectivity index (χ0n) is 4.78. The first-order valence-corrected chi connectivity index (χ1v) is 3.81. The molecule has 0 aromatic heterocycles. The van der Waals surface area contributed by atoms with E-state index in [9.17, 15) is 4.79 Å². The maximum absolute atomic E-state index is 10.9. The topological polar surface area (TPSA) is 17.1 Å². The van der Waals surface area contributed by atoms with Gasteiger partial charge in [-0.1, -0.05) is 36.1 Å². The van der Waals surface area contributed by atoms with Crippen LogP contribution in [0, 0.1) is 5.92 Å². The maximum Gasteiger partial charge on any atom is 0.200 e. The average Bonchev–Trinajstić information content (AvgIpc) is 1.90. The minimum absolute atomic E-state index is 0.0833. The van der Waals surface area contributed by atoms with E-state index < -0.39 is 0 Å². The molecule has 0 saturated carbocycles. The third-order valence-electron chi connectivity index (χ3n) is 1.54. The highest BCUT2D eigenvalue weighted by molar-refractivity contribution is 8.14. The van der Waals surface area contributed by atoms with Gasteiger partial charge in [0.1, 0.15) is 0 Å². The second-order valence-electron chi connectivity index (χ2n) is 2.20. The molecule has 3 rings (SSSR count). The van der Waals surface area contributed by atoms with Gasteiger partial charge in [0, 0.05) is 5.25 Å². The fraction of sp³-hybridized carbons (Fsp3) is 0.286. The second-order valence-corrected chi connectivity index (χ2v) is 3.38. The fourth-order valence-corrected chi connectivity index (χ4v) is 1.96. The molecule has 2 heteroatoms. The summed E-state index contributed by atoms with van der Waals surface area (Å²) in [7, 11) is 0. The van der Waals surface area contributed by atoms with E-state index in [-0.39, 0.29) is 5.92 Å². The second kappa shape index (κ2) is 1.74. The molecule has 0 amide bonds. The molecule has 0 saturated heterocycles. The number of allylic oxidation sites excluding steroid dienone is 2. The minimum atomic E-state index is 0.0833. The molecule has 0 aromatic carbocycles. The van der Waals surface area contributed by atoms with Crippen molar-refractivity contribution in [3.63, 3.8) is 0 Å². The third kappa shape index (κ3) is 0.741. The molecule has 46 valence electrons. The van der Waals surface area contributed by atoms with Crippen LogP contribution in [0.5, 0.6) is 0 Å². The summed E-state index contributed by atoms with van der Waals surface area (Å²) in [6.45, 7) is 0. The van der Waals surface area contributed by atoms with Gasteiger partial charge in [0.15, 0.2) is 5.12 Å². The molecule has 2 heterocycles. The standard InChI is InChI=1S/C7H6OS/c8-7-5-1-3-6(9-7)4-2-5/h1-6H. The van der Waals surface area contributed by atoms with Crippen molar-refractivity contribution in [2.75, 3.05) is 0 Å². The van der Waals surface area contributed by atoms with Crippen molar-refractivity contribution < 1.29 is 4.79 Å². The molecule has 0 unspecified atom stereocenters. The molecule has 9 heavy (non-hydrogen) atoms. The lowest BCUT2D eigenvalue weighted by Gasteiger charge is -2.21. The summed E-state index contributed by atoms with van der Waals surface area (Å²) in [4.78, 5) is 10.9. The summed E-state index contributed by atoms with van der Waals surface area (Å²) in [6, 6.07) is 0. The number of fused-ring (bicyclic) bond motifs is 1. The molecule has 0 radical (unpaired) electrons. The van der Waals surface area contributed by atoms with Crippen LogP contribution in [0.25, 0.3) is 0 Å². The summed E-state index contributed by atoms with van der Waals surface area (Å²) in [5.41, 5.74) is 0. The Balaban J connectivity index is 2.40. The van der Waals surface area contributed by atoms with Gasteiger partial charge in [-0.15, -0.1) is 0 Å². The Hall–Kier alpha value is -0.500. The van der Waals surface area contributed by atoms with E-state index in [0.29, 0.717) is 10.4 Å². The first-order valence-electron chi connectivity index (χ1n) is 2.93. The lowest BCUT2D eigenvalue weighted by atomic mass is 10.0. The predicted molar refractivity (Wildman–Crippen MR) is 38.2 cm³/mol. The van der Waals surface area contributed by atoms with Crippen molar-refractivity contribution in [1.82, 2.24) is 0 Å². The van der Waals surface area contributed by atoms with E-state index in [1.807, 2.05) is 12.2 Å². The maximum atomic E-state index is 10.9. The monoisotopic (exact) mass is 138 g/mol. The Morgan fingerprint density at radius 3 is 2.11 bits per heavy atom. The van der Waals surface area contributed by atoms with Gasteiger partial charge < -0.3 is 0 Å². The molecule has 0 aromatic rings. The van der Waals surface area contributed by atoms with Gasteiger partial charge in [-0.25, -0.2) is 0 Å². The van der Waals surface area contributed by atoms with Crippen LogP contribution in [0.2, 0.25) is 0 Å². The molecule has 3 aliphatic rings. The number of rotatable bonds is 0.